The second-order valence-electron chi connectivity index (χ2n) is 4.15. The molecule has 2 nitrogen and oxygen atoms in total. The lowest BCUT2D eigenvalue weighted by Crippen LogP contribution is -2.06. The Bertz CT molecular complexity index is 645. The van der Waals surface area contributed by atoms with Crippen LogP contribution >= 0.6 is 34.8 Å². The molecule has 0 saturated heterocycles. The van der Waals surface area contributed by atoms with Crippen molar-refractivity contribution in [1.29, 1.82) is 0 Å². The highest BCUT2D eigenvalue weighted by Crippen LogP contribution is 2.31. The summed E-state index contributed by atoms with van der Waals surface area (Å²) in [6.07, 6.45) is 0. The molecule has 0 amide bonds. The number of aryl methyl sites for hydroxylation is 1. The normalized spacial score (nSPS) is 10.5. The van der Waals surface area contributed by atoms with E-state index in [0.717, 1.165) is 5.56 Å². The molecular formula is C14H10Cl3NO. The Kier molecular flexibility index (Phi) is 4.04. The summed E-state index contributed by atoms with van der Waals surface area (Å²) in [4.78, 5) is 12.5. The van der Waals surface area contributed by atoms with Crippen LogP contribution in [0, 0.1) is 6.92 Å². The lowest BCUT2D eigenvalue weighted by Gasteiger charge is -2.09. The van der Waals surface area contributed by atoms with Crippen molar-refractivity contribution in [2.75, 3.05) is 5.73 Å². The summed E-state index contributed by atoms with van der Waals surface area (Å²) in [6.45, 7) is 1.81. The van der Waals surface area contributed by atoms with Crippen molar-refractivity contribution < 1.29 is 4.79 Å². The van der Waals surface area contributed by atoms with Crippen LogP contribution in [0.4, 0.5) is 5.69 Å². The topological polar surface area (TPSA) is 43.1 Å². The predicted molar refractivity (Wildman–Crippen MR) is 80.5 cm³/mol. The Morgan fingerprint density at radius 1 is 1.05 bits per heavy atom. The van der Waals surface area contributed by atoms with E-state index in [2.05, 4.69) is 0 Å². The first-order chi connectivity index (χ1) is 8.90. The lowest BCUT2D eigenvalue weighted by molar-refractivity contribution is 0.103. The van der Waals surface area contributed by atoms with Crippen LogP contribution in [-0.2, 0) is 0 Å². The van der Waals surface area contributed by atoms with Crippen molar-refractivity contribution in [3.8, 4) is 0 Å². The van der Waals surface area contributed by atoms with Crippen LogP contribution in [0.2, 0.25) is 15.1 Å². The van der Waals surface area contributed by atoms with Crippen LogP contribution in [0.15, 0.2) is 30.3 Å². The van der Waals surface area contributed by atoms with Gasteiger partial charge in [-0.05, 0) is 42.8 Å². The third-order valence-corrected chi connectivity index (χ3v) is 3.54. The molecule has 2 N–H and O–H groups in total. The number of benzene rings is 2. The van der Waals surface area contributed by atoms with Gasteiger partial charge in [-0.3, -0.25) is 4.79 Å². The number of rotatable bonds is 2. The number of carbonyl (C=O) groups excluding carboxylic acids is 1. The minimum absolute atomic E-state index is 0.235. The maximum atomic E-state index is 12.5. The van der Waals surface area contributed by atoms with E-state index in [-0.39, 0.29) is 21.4 Å². The summed E-state index contributed by atoms with van der Waals surface area (Å²) >= 11 is 17.9. The number of ketones is 1. The van der Waals surface area contributed by atoms with E-state index in [1.807, 2.05) is 0 Å². The average Bonchev–Trinajstić information content (AvgIpc) is 2.26. The molecule has 0 aromatic heterocycles. The van der Waals surface area contributed by atoms with E-state index >= 15 is 0 Å². The molecule has 0 fully saturated rings. The first kappa shape index (κ1) is 14.2. The molecule has 0 aliphatic carbocycles. The third-order valence-electron chi connectivity index (χ3n) is 2.73. The van der Waals surface area contributed by atoms with Crippen LogP contribution in [-0.4, -0.2) is 5.78 Å². The van der Waals surface area contributed by atoms with Gasteiger partial charge in [0.05, 0.1) is 15.6 Å². The van der Waals surface area contributed by atoms with Crippen LogP contribution in [0.5, 0.6) is 0 Å². The Hall–Kier alpha value is -1.22. The Morgan fingerprint density at radius 3 is 2.16 bits per heavy atom. The minimum atomic E-state index is -0.246. The highest BCUT2D eigenvalue weighted by Gasteiger charge is 2.19. The standard InChI is InChI=1S/C14H10Cl3NO/c1-7-4-9(18)2-3-10(7)14(19)13-11(16)5-8(15)6-12(13)17/h2-6H,18H2,1H3. The van der Waals surface area contributed by atoms with E-state index in [0.29, 0.717) is 16.3 Å². The maximum absolute atomic E-state index is 12.5. The van der Waals surface area contributed by atoms with Crippen molar-refractivity contribution in [3.05, 3.63) is 62.1 Å². The molecule has 0 radical (unpaired) electrons. The van der Waals surface area contributed by atoms with Crippen molar-refractivity contribution >= 4 is 46.3 Å². The van der Waals surface area contributed by atoms with Crippen LogP contribution < -0.4 is 5.73 Å². The zero-order valence-electron chi connectivity index (χ0n) is 10.0. The van der Waals surface area contributed by atoms with Gasteiger partial charge in [-0.2, -0.15) is 0 Å². The quantitative estimate of drug-likeness (QED) is 0.641. The van der Waals surface area contributed by atoms with E-state index in [1.54, 1.807) is 25.1 Å². The molecule has 0 heterocycles. The van der Waals surface area contributed by atoms with Gasteiger partial charge in [0.1, 0.15) is 0 Å². The van der Waals surface area contributed by atoms with Gasteiger partial charge in [0.15, 0.2) is 5.78 Å². The number of carbonyl (C=O) groups is 1. The lowest BCUT2D eigenvalue weighted by atomic mass is 9.98. The van der Waals surface area contributed by atoms with E-state index in [1.165, 1.54) is 12.1 Å². The number of anilines is 1. The number of nitrogen functional groups attached to an aromatic ring is 1. The largest absolute Gasteiger partial charge is 0.399 e. The van der Waals surface area contributed by atoms with Crippen LogP contribution in [0.1, 0.15) is 21.5 Å². The summed E-state index contributed by atoms with van der Waals surface area (Å²) in [7, 11) is 0. The monoisotopic (exact) mass is 313 g/mol. The first-order valence-electron chi connectivity index (χ1n) is 5.45. The van der Waals surface area contributed by atoms with Gasteiger partial charge in [-0.25, -0.2) is 0 Å². The number of hydrogen-bond donors (Lipinski definition) is 1. The zero-order valence-corrected chi connectivity index (χ0v) is 12.3. The van der Waals surface area contributed by atoms with Gasteiger partial charge in [0.2, 0.25) is 0 Å². The molecule has 0 aliphatic heterocycles. The fourth-order valence-electron chi connectivity index (χ4n) is 1.84. The molecule has 0 bridgehead atoms. The number of halogens is 3. The molecule has 0 unspecified atom stereocenters. The Morgan fingerprint density at radius 2 is 1.63 bits per heavy atom. The van der Waals surface area contributed by atoms with Crippen molar-refractivity contribution in [2.45, 2.75) is 6.92 Å². The second kappa shape index (κ2) is 5.41. The molecule has 2 rings (SSSR count). The molecule has 0 saturated carbocycles. The smallest absolute Gasteiger partial charge is 0.196 e. The van der Waals surface area contributed by atoms with Crippen molar-refractivity contribution in [3.63, 3.8) is 0 Å². The highest BCUT2D eigenvalue weighted by atomic mass is 35.5. The van der Waals surface area contributed by atoms with Crippen molar-refractivity contribution in [1.82, 2.24) is 0 Å². The molecule has 0 atom stereocenters. The van der Waals surface area contributed by atoms with Gasteiger partial charge in [-0.15, -0.1) is 0 Å². The van der Waals surface area contributed by atoms with Crippen LogP contribution in [0.3, 0.4) is 0 Å². The molecule has 0 aliphatic rings. The molecular weight excluding hydrogens is 305 g/mol. The van der Waals surface area contributed by atoms with Crippen molar-refractivity contribution in [2.24, 2.45) is 0 Å². The number of hydrogen-bond acceptors (Lipinski definition) is 2. The Balaban J connectivity index is 2.56. The molecule has 2 aromatic rings. The number of nitrogens with two attached hydrogens (primary N) is 1. The predicted octanol–water partition coefficient (Wildman–Crippen LogP) is 4.77. The summed E-state index contributed by atoms with van der Waals surface area (Å²) in [5.41, 5.74) is 7.80. The minimum Gasteiger partial charge on any atom is -0.399 e. The van der Waals surface area contributed by atoms with Gasteiger partial charge >= 0.3 is 0 Å². The summed E-state index contributed by atoms with van der Waals surface area (Å²) < 4.78 is 0. The second-order valence-corrected chi connectivity index (χ2v) is 5.40. The SMILES string of the molecule is Cc1cc(N)ccc1C(=O)c1c(Cl)cc(Cl)cc1Cl. The van der Waals surface area contributed by atoms with Crippen LogP contribution in [0.25, 0.3) is 0 Å². The Labute approximate surface area is 126 Å². The fourth-order valence-corrected chi connectivity index (χ4v) is 2.82. The summed E-state index contributed by atoms with van der Waals surface area (Å²) in [5, 5.41) is 0.859. The molecule has 2 aromatic carbocycles. The summed E-state index contributed by atoms with van der Waals surface area (Å²) in [5.74, 6) is -0.246. The zero-order chi connectivity index (χ0) is 14.2. The third kappa shape index (κ3) is 2.86. The average molecular weight is 315 g/mol. The fraction of sp³-hybridized carbons (Fsp3) is 0.0714. The van der Waals surface area contributed by atoms with E-state index < -0.39 is 0 Å². The first-order valence-corrected chi connectivity index (χ1v) is 6.59. The highest BCUT2D eigenvalue weighted by molar-refractivity contribution is 6.43. The molecule has 19 heavy (non-hydrogen) atoms. The molecule has 98 valence electrons. The van der Waals surface area contributed by atoms with Gasteiger partial charge in [-0.1, -0.05) is 34.8 Å². The molecule has 0 spiro atoms. The van der Waals surface area contributed by atoms with E-state index in [4.69, 9.17) is 40.5 Å². The molecule has 5 heteroatoms. The maximum Gasteiger partial charge on any atom is 0.196 e. The summed E-state index contributed by atoms with van der Waals surface area (Å²) in [6, 6.07) is 8.04. The van der Waals surface area contributed by atoms with Gasteiger partial charge < -0.3 is 5.73 Å². The van der Waals surface area contributed by atoms with E-state index in [9.17, 15) is 4.79 Å². The van der Waals surface area contributed by atoms with Gasteiger partial charge in [0.25, 0.3) is 0 Å². The van der Waals surface area contributed by atoms with Gasteiger partial charge in [0, 0.05) is 16.3 Å².